The highest BCUT2D eigenvalue weighted by molar-refractivity contribution is 7.92. The summed E-state index contributed by atoms with van der Waals surface area (Å²) < 4.78 is 34.5. The van der Waals surface area contributed by atoms with Gasteiger partial charge >= 0.3 is 0 Å². The summed E-state index contributed by atoms with van der Waals surface area (Å²) in [5.41, 5.74) is 2.48. The molecule has 226 valence electrons. The van der Waals surface area contributed by atoms with E-state index < -0.39 is 28.5 Å². The second-order valence-electron chi connectivity index (χ2n) is 10.3. The zero-order valence-electron chi connectivity index (χ0n) is 25.1. The Labute approximate surface area is 254 Å². The first kappa shape index (κ1) is 32.9. The molecule has 0 radical (unpaired) electrons. The minimum atomic E-state index is -4.19. The number of methoxy groups -OCH3 is 1. The van der Waals surface area contributed by atoms with Crippen molar-refractivity contribution in [3.8, 4) is 5.75 Å². The van der Waals surface area contributed by atoms with Crippen LogP contribution in [0.25, 0.3) is 0 Å². The number of carbonyl (C=O) groups excluding carboxylic acids is 2. The Kier molecular flexibility index (Phi) is 11.4. The van der Waals surface area contributed by atoms with Gasteiger partial charge in [0.15, 0.2) is 0 Å². The van der Waals surface area contributed by atoms with E-state index in [1.165, 1.54) is 17.0 Å². The van der Waals surface area contributed by atoms with Crippen LogP contribution in [0.2, 0.25) is 5.02 Å². The summed E-state index contributed by atoms with van der Waals surface area (Å²) in [6.07, 6.45) is 1.07. The third-order valence-corrected chi connectivity index (χ3v) is 9.48. The minimum absolute atomic E-state index is 0.0449. The molecule has 0 aliphatic carbocycles. The lowest BCUT2D eigenvalue weighted by atomic mass is 10.1. The van der Waals surface area contributed by atoms with Crippen molar-refractivity contribution in [3.63, 3.8) is 0 Å². The number of halogens is 1. The average Bonchev–Trinajstić information content (AvgIpc) is 2.97. The summed E-state index contributed by atoms with van der Waals surface area (Å²) in [7, 11) is -2.62. The topological polar surface area (TPSA) is 96.0 Å². The van der Waals surface area contributed by atoms with E-state index in [-0.39, 0.29) is 29.1 Å². The molecule has 3 aromatic carbocycles. The minimum Gasteiger partial charge on any atom is -0.497 e. The summed E-state index contributed by atoms with van der Waals surface area (Å²) in [5, 5.41) is 3.35. The third-order valence-electron chi connectivity index (χ3n) is 7.29. The van der Waals surface area contributed by atoms with Crippen molar-refractivity contribution in [2.75, 3.05) is 18.0 Å². The zero-order valence-corrected chi connectivity index (χ0v) is 26.6. The molecule has 2 amide bonds. The Balaban J connectivity index is 2.09. The van der Waals surface area contributed by atoms with Crippen LogP contribution in [-0.2, 0) is 26.2 Å². The fourth-order valence-corrected chi connectivity index (χ4v) is 6.15. The number of anilines is 1. The standard InChI is InChI=1S/C32H40ClN3O5S/c1-7-23(4)34-32(38)29(8-2)35(20-25-14-16-26(41-6)17-15-25)31(37)21-36(30-11-9-10-28(33)24(30)5)42(39,40)27-18-12-22(3)13-19-27/h9-19,23,29H,7-8,20-21H2,1-6H3,(H,34,38)/t23-,29+/m1/s1. The summed E-state index contributed by atoms with van der Waals surface area (Å²) in [6, 6.07) is 17.7. The van der Waals surface area contributed by atoms with Gasteiger partial charge in [-0.25, -0.2) is 8.42 Å². The second kappa shape index (κ2) is 14.6. The number of benzene rings is 3. The van der Waals surface area contributed by atoms with Gasteiger partial charge in [-0.1, -0.05) is 61.3 Å². The van der Waals surface area contributed by atoms with Gasteiger partial charge in [0.2, 0.25) is 11.8 Å². The molecular weight excluding hydrogens is 574 g/mol. The number of carbonyl (C=O) groups is 2. The van der Waals surface area contributed by atoms with Gasteiger partial charge in [-0.05, 0) is 81.1 Å². The van der Waals surface area contributed by atoms with Crippen molar-refractivity contribution in [2.24, 2.45) is 0 Å². The molecule has 0 aliphatic heterocycles. The summed E-state index contributed by atoms with van der Waals surface area (Å²) in [6.45, 7) is 8.85. The van der Waals surface area contributed by atoms with E-state index in [4.69, 9.17) is 16.3 Å². The zero-order chi connectivity index (χ0) is 31.0. The van der Waals surface area contributed by atoms with E-state index in [2.05, 4.69) is 5.32 Å². The molecule has 2 atom stereocenters. The maximum Gasteiger partial charge on any atom is 0.264 e. The Morgan fingerprint density at radius 3 is 2.17 bits per heavy atom. The largest absolute Gasteiger partial charge is 0.497 e. The van der Waals surface area contributed by atoms with E-state index in [1.807, 2.05) is 39.8 Å². The van der Waals surface area contributed by atoms with Crippen LogP contribution < -0.4 is 14.4 Å². The first-order valence-electron chi connectivity index (χ1n) is 14.0. The molecule has 1 N–H and O–H groups in total. The SMILES string of the molecule is CC[C@@H](C)NC(=O)[C@H](CC)N(Cc1ccc(OC)cc1)C(=O)CN(c1cccc(Cl)c1C)S(=O)(=O)c1ccc(C)cc1. The molecule has 0 saturated carbocycles. The van der Waals surface area contributed by atoms with Gasteiger partial charge < -0.3 is 15.0 Å². The monoisotopic (exact) mass is 613 g/mol. The number of rotatable bonds is 13. The highest BCUT2D eigenvalue weighted by Crippen LogP contribution is 2.31. The fraction of sp³-hybridized carbons (Fsp3) is 0.375. The summed E-state index contributed by atoms with van der Waals surface area (Å²) in [5.74, 6) is -0.155. The number of amides is 2. The van der Waals surface area contributed by atoms with E-state index in [9.17, 15) is 18.0 Å². The van der Waals surface area contributed by atoms with Gasteiger partial charge in [-0.2, -0.15) is 0 Å². The summed E-state index contributed by atoms with van der Waals surface area (Å²) >= 11 is 6.40. The number of hydrogen-bond donors (Lipinski definition) is 1. The lowest BCUT2D eigenvalue weighted by Gasteiger charge is -2.34. The van der Waals surface area contributed by atoms with E-state index in [1.54, 1.807) is 56.5 Å². The Morgan fingerprint density at radius 1 is 0.952 bits per heavy atom. The maximum absolute atomic E-state index is 14.2. The van der Waals surface area contributed by atoms with Crippen LogP contribution in [0.1, 0.15) is 50.3 Å². The van der Waals surface area contributed by atoms with E-state index in [0.717, 1.165) is 21.9 Å². The van der Waals surface area contributed by atoms with Crippen LogP contribution in [0.5, 0.6) is 5.75 Å². The third kappa shape index (κ3) is 7.83. The molecular formula is C32H40ClN3O5S. The second-order valence-corrected chi connectivity index (χ2v) is 12.6. The number of hydrogen-bond acceptors (Lipinski definition) is 5. The number of nitrogens with zero attached hydrogens (tertiary/aromatic N) is 2. The van der Waals surface area contributed by atoms with Crippen molar-refractivity contribution in [1.29, 1.82) is 0 Å². The predicted molar refractivity (Wildman–Crippen MR) is 167 cm³/mol. The van der Waals surface area contributed by atoms with Crippen molar-refractivity contribution >= 4 is 39.1 Å². The lowest BCUT2D eigenvalue weighted by molar-refractivity contribution is -0.140. The lowest BCUT2D eigenvalue weighted by Crippen LogP contribution is -2.53. The maximum atomic E-state index is 14.2. The first-order valence-corrected chi connectivity index (χ1v) is 15.8. The van der Waals surface area contributed by atoms with Crippen LogP contribution in [0.3, 0.4) is 0 Å². The van der Waals surface area contributed by atoms with Crippen molar-refractivity contribution in [3.05, 3.63) is 88.4 Å². The van der Waals surface area contributed by atoms with Gasteiger partial charge in [0, 0.05) is 17.6 Å². The van der Waals surface area contributed by atoms with Crippen LogP contribution >= 0.6 is 11.6 Å². The van der Waals surface area contributed by atoms with Crippen LogP contribution in [-0.4, -0.2) is 50.9 Å². The molecule has 0 unspecified atom stereocenters. The normalized spacial score (nSPS) is 12.7. The molecule has 0 saturated heterocycles. The quantitative estimate of drug-likeness (QED) is 0.260. The average molecular weight is 614 g/mol. The van der Waals surface area contributed by atoms with Crippen LogP contribution in [0.4, 0.5) is 5.69 Å². The van der Waals surface area contributed by atoms with Gasteiger partial charge in [0.25, 0.3) is 10.0 Å². The van der Waals surface area contributed by atoms with Gasteiger partial charge in [0.1, 0.15) is 18.3 Å². The Hall–Kier alpha value is -3.56. The van der Waals surface area contributed by atoms with Gasteiger partial charge in [-0.3, -0.25) is 13.9 Å². The molecule has 0 fully saturated rings. The molecule has 0 heterocycles. The van der Waals surface area contributed by atoms with Gasteiger partial charge in [0.05, 0.1) is 17.7 Å². The van der Waals surface area contributed by atoms with Crippen LogP contribution in [0, 0.1) is 13.8 Å². The van der Waals surface area contributed by atoms with E-state index in [0.29, 0.717) is 22.8 Å². The van der Waals surface area contributed by atoms with Crippen molar-refractivity contribution < 1.29 is 22.7 Å². The molecule has 0 bridgehead atoms. The fourth-order valence-electron chi connectivity index (χ4n) is 4.51. The highest BCUT2D eigenvalue weighted by atomic mass is 35.5. The number of nitrogens with one attached hydrogen (secondary N) is 1. The van der Waals surface area contributed by atoms with E-state index >= 15 is 0 Å². The first-order chi connectivity index (χ1) is 19.9. The number of ether oxygens (including phenoxy) is 1. The molecule has 10 heteroatoms. The Bertz CT molecular complexity index is 1480. The highest BCUT2D eigenvalue weighted by Gasteiger charge is 2.34. The molecule has 0 aliphatic rings. The molecule has 3 rings (SSSR count). The molecule has 8 nitrogen and oxygen atoms in total. The predicted octanol–water partition coefficient (Wildman–Crippen LogP) is 5.88. The van der Waals surface area contributed by atoms with Gasteiger partial charge in [-0.15, -0.1) is 0 Å². The van der Waals surface area contributed by atoms with Crippen molar-refractivity contribution in [1.82, 2.24) is 10.2 Å². The smallest absolute Gasteiger partial charge is 0.264 e. The number of sulfonamides is 1. The molecule has 0 spiro atoms. The molecule has 0 aromatic heterocycles. The summed E-state index contributed by atoms with van der Waals surface area (Å²) in [4.78, 5) is 29.1. The Morgan fingerprint density at radius 2 is 1.60 bits per heavy atom. The molecule has 3 aromatic rings. The van der Waals surface area contributed by atoms with Crippen molar-refractivity contribution in [2.45, 2.75) is 71.0 Å². The molecule has 42 heavy (non-hydrogen) atoms. The van der Waals surface area contributed by atoms with Crippen LogP contribution in [0.15, 0.2) is 71.6 Å². The number of aryl methyl sites for hydroxylation is 1.